The monoisotopic (exact) mass is 444 g/mol. The van der Waals surface area contributed by atoms with E-state index in [4.69, 9.17) is 0 Å². The lowest BCUT2D eigenvalue weighted by Crippen LogP contribution is -2.14. The van der Waals surface area contributed by atoms with Crippen molar-refractivity contribution in [3.8, 4) is 0 Å². The van der Waals surface area contributed by atoms with Crippen molar-refractivity contribution in [3.05, 3.63) is 59.7 Å². The molecule has 3 aromatic rings. The molecule has 2 N–H and O–H groups in total. The van der Waals surface area contributed by atoms with Crippen LogP contribution in [0.4, 0.5) is 10.8 Å². The summed E-state index contributed by atoms with van der Waals surface area (Å²) in [6.07, 6.45) is 0. The molecule has 0 spiro atoms. The summed E-state index contributed by atoms with van der Waals surface area (Å²) >= 11 is 4.10. The van der Waals surface area contributed by atoms with Crippen LogP contribution in [0.5, 0.6) is 0 Å². The molecular formula is C20H20N4O2S3. The van der Waals surface area contributed by atoms with Crippen molar-refractivity contribution in [3.63, 3.8) is 0 Å². The predicted octanol–water partition coefficient (Wildman–Crippen LogP) is 4.94. The van der Waals surface area contributed by atoms with Crippen LogP contribution >= 0.6 is 35.1 Å². The predicted molar refractivity (Wildman–Crippen MR) is 121 cm³/mol. The summed E-state index contributed by atoms with van der Waals surface area (Å²) in [6, 6.07) is 14.8. The van der Waals surface area contributed by atoms with Gasteiger partial charge in [-0.15, -0.1) is 11.8 Å². The minimum absolute atomic E-state index is 0.145. The fourth-order valence-electron chi connectivity index (χ4n) is 2.32. The van der Waals surface area contributed by atoms with Crippen LogP contribution < -0.4 is 10.6 Å². The number of aryl methyl sites for hydroxylation is 1. The summed E-state index contributed by atoms with van der Waals surface area (Å²) < 4.78 is 4.18. The maximum atomic E-state index is 12.4. The summed E-state index contributed by atoms with van der Waals surface area (Å²) in [5, 5.41) is 6.84. The first kappa shape index (κ1) is 21.4. The summed E-state index contributed by atoms with van der Waals surface area (Å²) in [5.41, 5.74) is 2.39. The van der Waals surface area contributed by atoms with E-state index < -0.39 is 0 Å². The molecule has 2 aromatic carbocycles. The van der Waals surface area contributed by atoms with Crippen LogP contribution in [-0.2, 0) is 4.79 Å². The second kappa shape index (κ2) is 10.4. The maximum absolute atomic E-state index is 12.4. The Hall–Kier alpha value is -2.36. The first-order valence-electron chi connectivity index (χ1n) is 8.90. The van der Waals surface area contributed by atoms with Crippen LogP contribution in [0.2, 0.25) is 0 Å². The molecule has 0 saturated carbocycles. The number of carbonyl (C=O) groups is 2. The lowest BCUT2D eigenvalue weighted by molar-refractivity contribution is -0.113. The number of hydrogen-bond acceptors (Lipinski definition) is 7. The number of hydrogen-bond donors (Lipinski definition) is 2. The first-order chi connectivity index (χ1) is 14.0. The molecule has 0 unspecified atom stereocenters. The van der Waals surface area contributed by atoms with Gasteiger partial charge in [0.15, 0.2) is 0 Å². The van der Waals surface area contributed by atoms with Gasteiger partial charge in [-0.05, 0) is 43.0 Å². The number of amides is 2. The highest BCUT2D eigenvalue weighted by molar-refractivity contribution is 8.00. The van der Waals surface area contributed by atoms with Gasteiger partial charge < -0.3 is 5.32 Å². The van der Waals surface area contributed by atoms with Crippen molar-refractivity contribution in [1.29, 1.82) is 0 Å². The van der Waals surface area contributed by atoms with E-state index in [0.717, 1.165) is 16.2 Å². The summed E-state index contributed by atoms with van der Waals surface area (Å²) in [7, 11) is 0. The second-order valence-electron chi connectivity index (χ2n) is 6.00. The van der Waals surface area contributed by atoms with Crippen molar-refractivity contribution in [2.24, 2.45) is 0 Å². The van der Waals surface area contributed by atoms with Gasteiger partial charge in [0.05, 0.1) is 5.75 Å². The van der Waals surface area contributed by atoms with E-state index >= 15 is 0 Å². The normalized spacial score (nSPS) is 10.6. The first-order valence-corrected chi connectivity index (χ1v) is 11.6. The summed E-state index contributed by atoms with van der Waals surface area (Å²) in [4.78, 5) is 29.7. The number of thioether (sulfide) groups is 2. The van der Waals surface area contributed by atoms with Crippen molar-refractivity contribution >= 4 is 57.7 Å². The minimum atomic E-state index is -0.165. The highest BCUT2D eigenvalue weighted by Gasteiger charge is 2.10. The van der Waals surface area contributed by atoms with Gasteiger partial charge in [-0.2, -0.15) is 9.36 Å². The van der Waals surface area contributed by atoms with Gasteiger partial charge in [0, 0.05) is 27.7 Å². The van der Waals surface area contributed by atoms with E-state index in [1.807, 2.05) is 50.2 Å². The third-order valence-corrected chi connectivity index (χ3v) is 6.17. The number of nitrogens with one attached hydrogen (secondary N) is 2. The summed E-state index contributed by atoms with van der Waals surface area (Å²) in [5.74, 6) is 0.817. The summed E-state index contributed by atoms with van der Waals surface area (Å²) in [6.45, 7) is 4.00. The Morgan fingerprint density at radius 3 is 2.62 bits per heavy atom. The third kappa shape index (κ3) is 6.59. The largest absolute Gasteiger partial charge is 0.322 e. The van der Waals surface area contributed by atoms with Gasteiger partial charge in [-0.1, -0.05) is 42.4 Å². The standard InChI is InChI=1S/C20H20N4O2S3/c1-3-27-20-23-19(29-24-20)22-17(25)12-28-16-6-4-5-15(11-16)21-18(26)14-9-7-13(2)8-10-14/h4-11H,3,12H2,1-2H3,(H,21,26)(H,22,23,24,25). The SMILES string of the molecule is CCSc1nsc(NC(=O)CSc2cccc(NC(=O)c3ccc(C)cc3)c2)n1. The molecule has 2 amide bonds. The molecule has 0 aliphatic carbocycles. The zero-order valence-electron chi connectivity index (χ0n) is 16.0. The van der Waals surface area contributed by atoms with Crippen molar-refractivity contribution in [1.82, 2.24) is 9.36 Å². The zero-order chi connectivity index (χ0) is 20.6. The molecule has 0 bridgehead atoms. The molecule has 0 atom stereocenters. The van der Waals surface area contributed by atoms with E-state index in [2.05, 4.69) is 20.0 Å². The molecule has 0 radical (unpaired) electrons. The molecule has 3 rings (SSSR count). The van der Waals surface area contributed by atoms with E-state index in [1.165, 1.54) is 35.1 Å². The Labute approximate surface area is 182 Å². The third-order valence-electron chi connectivity index (χ3n) is 3.70. The van der Waals surface area contributed by atoms with Crippen molar-refractivity contribution in [2.45, 2.75) is 23.9 Å². The van der Waals surface area contributed by atoms with Crippen LogP contribution in [-0.4, -0.2) is 32.7 Å². The molecule has 150 valence electrons. The van der Waals surface area contributed by atoms with Crippen molar-refractivity contribution in [2.75, 3.05) is 22.1 Å². The lowest BCUT2D eigenvalue weighted by Gasteiger charge is -2.08. The van der Waals surface area contributed by atoms with Gasteiger partial charge in [-0.3, -0.25) is 14.9 Å². The van der Waals surface area contributed by atoms with E-state index in [0.29, 0.717) is 21.5 Å². The van der Waals surface area contributed by atoms with E-state index in [-0.39, 0.29) is 17.6 Å². The Morgan fingerprint density at radius 2 is 1.86 bits per heavy atom. The average Bonchev–Trinajstić information content (AvgIpc) is 3.14. The Morgan fingerprint density at radius 1 is 1.07 bits per heavy atom. The van der Waals surface area contributed by atoms with E-state index in [9.17, 15) is 9.59 Å². The average molecular weight is 445 g/mol. The topological polar surface area (TPSA) is 84.0 Å². The van der Waals surface area contributed by atoms with Crippen molar-refractivity contribution < 1.29 is 9.59 Å². The molecule has 6 nitrogen and oxygen atoms in total. The van der Waals surface area contributed by atoms with Gasteiger partial charge in [0.25, 0.3) is 5.91 Å². The number of rotatable bonds is 8. The number of carbonyl (C=O) groups excluding carboxylic acids is 2. The van der Waals surface area contributed by atoms with Crippen LogP contribution in [0.3, 0.4) is 0 Å². The van der Waals surface area contributed by atoms with Crippen LogP contribution in [0.25, 0.3) is 0 Å². The van der Waals surface area contributed by atoms with Gasteiger partial charge in [0.1, 0.15) is 0 Å². The molecule has 0 fully saturated rings. The number of benzene rings is 2. The lowest BCUT2D eigenvalue weighted by atomic mass is 10.1. The smallest absolute Gasteiger partial charge is 0.255 e. The number of anilines is 2. The van der Waals surface area contributed by atoms with Crippen LogP contribution in [0.15, 0.2) is 58.6 Å². The van der Waals surface area contributed by atoms with E-state index in [1.54, 1.807) is 12.1 Å². The Bertz CT molecular complexity index is 989. The van der Waals surface area contributed by atoms with Gasteiger partial charge in [0.2, 0.25) is 16.2 Å². The molecule has 0 saturated heterocycles. The molecule has 0 aliphatic rings. The fourth-order valence-corrected chi connectivity index (χ4v) is 4.37. The molecule has 9 heteroatoms. The Kier molecular flexibility index (Phi) is 7.68. The van der Waals surface area contributed by atoms with Gasteiger partial charge >= 0.3 is 0 Å². The highest BCUT2D eigenvalue weighted by atomic mass is 32.2. The van der Waals surface area contributed by atoms with Crippen LogP contribution in [0.1, 0.15) is 22.8 Å². The van der Waals surface area contributed by atoms with Gasteiger partial charge in [-0.25, -0.2) is 0 Å². The van der Waals surface area contributed by atoms with Crippen LogP contribution in [0, 0.1) is 6.92 Å². The maximum Gasteiger partial charge on any atom is 0.255 e. The number of nitrogens with zero attached hydrogens (tertiary/aromatic N) is 2. The quantitative estimate of drug-likeness (QED) is 0.479. The molecular weight excluding hydrogens is 424 g/mol. The molecule has 29 heavy (non-hydrogen) atoms. The highest BCUT2D eigenvalue weighted by Crippen LogP contribution is 2.23. The fraction of sp³-hybridized carbons (Fsp3) is 0.200. The molecule has 0 aliphatic heterocycles. The Balaban J connectivity index is 1.53. The number of aromatic nitrogens is 2. The molecule has 1 heterocycles. The minimum Gasteiger partial charge on any atom is -0.322 e. The second-order valence-corrected chi connectivity index (χ2v) is 9.03. The zero-order valence-corrected chi connectivity index (χ0v) is 18.4. The molecule has 1 aromatic heterocycles.